The van der Waals surface area contributed by atoms with Crippen molar-refractivity contribution in [3.63, 3.8) is 0 Å². The van der Waals surface area contributed by atoms with Gasteiger partial charge in [0.25, 0.3) is 5.60 Å². The fourth-order valence-corrected chi connectivity index (χ4v) is 2.38. The zero-order valence-corrected chi connectivity index (χ0v) is 12.9. The van der Waals surface area contributed by atoms with Crippen LogP contribution in [0.5, 0.6) is 0 Å². The molecule has 1 aromatic rings. The van der Waals surface area contributed by atoms with Gasteiger partial charge in [0.05, 0.1) is 11.5 Å². The van der Waals surface area contributed by atoms with E-state index in [-0.39, 0.29) is 41.5 Å². The van der Waals surface area contributed by atoms with Crippen LogP contribution in [0.1, 0.15) is 4.88 Å². The number of halogens is 7. The molecule has 0 unspecified atom stereocenters. The van der Waals surface area contributed by atoms with E-state index < -0.39 is 27.6 Å². The van der Waals surface area contributed by atoms with Crippen LogP contribution in [0.15, 0.2) is 6.20 Å². The molecule has 12 heteroatoms. The minimum Gasteiger partial charge on any atom is -0.383 e. The molecular weight excluding hydrogens is 394 g/mol. The molecule has 4 nitrogen and oxygen atoms in total. The molecule has 0 atom stereocenters. The van der Waals surface area contributed by atoms with Gasteiger partial charge in [0.15, 0.2) is 4.80 Å². The summed E-state index contributed by atoms with van der Waals surface area (Å²) >= 11 is -0.0904. The predicted octanol–water partition coefficient (Wildman–Crippen LogP) is 2.57. The topological polar surface area (TPSA) is 58.2 Å². The number of nitrogens with zero attached hydrogens (tertiary/aromatic N) is 1. The van der Waals surface area contributed by atoms with Crippen LogP contribution in [0.2, 0.25) is 0 Å². The average Bonchev–Trinajstić information content (AvgIpc) is 2.64. The molecule has 0 spiro atoms. The summed E-state index contributed by atoms with van der Waals surface area (Å²) in [6.45, 7) is -0.0964. The number of hydrogen-bond donors (Lipinski definition) is 2. The molecule has 0 fully saturated rings. The fraction of sp³-hybridized carbons (Fsp3) is 0.667. The number of methoxy groups -OCH3 is 1. The molecule has 0 saturated carbocycles. The Labute approximate surface area is 129 Å². The molecule has 1 heterocycles. The normalized spacial score (nSPS) is 13.1. The first kappa shape index (κ1) is 20.4. The quantitative estimate of drug-likeness (QED) is 0.757. The Kier molecular flexibility index (Phi) is 6.48. The molecule has 0 bridgehead atoms. The summed E-state index contributed by atoms with van der Waals surface area (Å²) < 4.78 is 81.2. The van der Waals surface area contributed by atoms with Crippen molar-refractivity contribution in [2.75, 3.05) is 13.7 Å². The second-order valence-electron chi connectivity index (χ2n) is 3.79. The summed E-state index contributed by atoms with van der Waals surface area (Å²) in [6.07, 6.45) is -11.4. The maximum Gasteiger partial charge on any atom is 0.431 e. The number of alkyl halides is 6. The zero-order chi connectivity index (χ0) is 15.8. The van der Waals surface area contributed by atoms with E-state index in [0.717, 1.165) is 4.57 Å². The molecule has 0 aromatic carbocycles. The van der Waals surface area contributed by atoms with Gasteiger partial charge in [-0.25, -0.2) is 0 Å². The molecule has 1 aromatic heterocycles. The van der Waals surface area contributed by atoms with Gasteiger partial charge in [-0.3, -0.25) is 5.41 Å². The SMILES string of the molecule is Br.COCCn1cc(C(O)(C(F)(F)F)C(F)(F)F)sc1=N. The first-order valence-corrected chi connectivity index (χ1v) is 5.87. The van der Waals surface area contributed by atoms with Crippen LogP contribution in [0.3, 0.4) is 0 Å². The largest absolute Gasteiger partial charge is 0.431 e. The van der Waals surface area contributed by atoms with Crippen LogP contribution in [-0.4, -0.2) is 35.7 Å². The Bertz CT molecular complexity index is 510. The van der Waals surface area contributed by atoms with Gasteiger partial charge in [-0.15, -0.1) is 17.0 Å². The Balaban J connectivity index is 0.00000400. The summed E-state index contributed by atoms with van der Waals surface area (Å²) in [4.78, 5) is -1.96. The summed E-state index contributed by atoms with van der Waals surface area (Å²) in [6, 6.07) is 0. The number of nitrogens with one attached hydrogen (secondary N) is 1. The molecule has 2 N–H and O–H groups in total. The Morgan fingerprint density at radius 1 is 1.24 bits per heavy atom. The lowest BCUT2D eigenvalue weighted by Gasteiger charge is -2.30. The van der Waals surface area contributed by atoms with Crippen molar-refractivity contribution < 1.29 is 36.2 Å². The van der Waals surface area contributed by atoms with Gasteiger partial charge < -0.3 is 14.4 Å². The second-order valence-corrected chi connectivity index (χ2v) is 4.82. The second kappa shape index (κ2) is 6.67. The highest BCUT2D eigenvalue weighted by atomic mass is 79.9. The summed E-state index contributed by atoms with van der Waals surface area (Å²) in [5.74, 6) is 0. The molecule has 0 aliphatic rings. The molecule has 1 rings (SSSR count). The lowest BCUT2D eigenvalue weighted by Crippen LogP contribution is -2.53. The van der Waals surface area contributed by atoms with Gasteiger partial charge in [-0.2, -0.15) is 26.3 Å². The van der Waals surface area contributed by atoms with E-state index in [0.29, 0.717) is 6.20 Å². The van der Waals surface area contributed by atoms with Crippen molar-refractivity contribution in [3.8, 4) is 0 Å². The number of thiazole rings is 1. The smallest absolute Gasteiger partial charge is 0.383 e. The molecule has 21 heavy (non-hydrogen) atoms. The molecule has 124 valence electrons. The Hall–Kier alpha value is -0.590. The van der Waals surface area contributed by atoms with Gasteiger partial charge in [0, 0.05) is 19.9 Å². The van der Waals surface area contributed by atoms with Crippen LogP contribution < -0.4 is 4.80 Å². The maximum atomic E-state index is 12.6. The third-order valence-electron chi connectivity index (χ3n) is 2.45. The highest BCUT2D eigenvalue weighted by Crippen LogP contribution is 2.50. The van der Waals surface area contributed by atoms with Crippen LogP contribution in [-0.2, 0) is 16.9 Å². The van der Waals surface area contributed by atoms with Crippen LogP contribution in [0.25, 0.3) is 0 Å². The van der Waals surface area contributed by atoms with Gasteiger partial charge in [-0.05, 0) is 0 Å². The minimum atomic E-state index is -5.94. The van der Waals surface area contributed by atoms with Crippen molar-refractivity contribution in [3.05, 3.63) is 15.9 Å². The van der Waals surface area contributed by atoms with Crippen molar-refractivity contribution in [1.82, 2.24) is 4.57 Å². The molecular formula is C9H11BrF6N2O2S. The predicted molar refractivity (Wildman–Crippen MR) is 66.4 cm³/mol. The van der Waals surface area contributed by atoms with E-state index in [1.807, 2.05) is 0 Å². The standard InChI is InChI=1S/C9H10F6N2O2S.BrH/c1-19-3-2-17-4-5(20-6(17)16)7(18,8(10,11)12)9(13,14)15;/h4,16,18H,2-3H2,1H3;1H. The highest BCUT2D eigenvalue weighted by molar-refractivity contribution is 8.93. The number of rotatable bonds is 4. The minimum absolute atomic E-state index is 0. The molecule has 0 aliphatic heterocycles. The monoisotopic (exact) mass is 404 g/mol. The fourth-order valence-electron chi connectivity index (χ4n) is 1.35. The van der Waals surface area contributed by atoms with Crippen LogP contribution in [0, 0.1) is 5.41 Å². The van der Waals surface area contributed by atoms with Crippen LogP contribution >= 0.6 is 28.3 Å². The number of ether oxygens (including phenoxy) is 1. The maximum absolute atomic E-state index is 12.6. The zero-order valence-electron chi connectivity index (χ0n) is 10.4. The average molecular weight is 405 g/mol. The van der Waals surface area contributed by atoms with Crippen molar-refractivity contribution in [2.45, 2.75) is 24.5 Å². The third kappa shape index (κ3) is 3.79. The number of hydrogen-bond acceptors (Lipinski definition) is 4. The summed E-state index contributed by atoms with van der Waals surface area (Å²) in [5.41, 5.74) is -4.99. The Morgan fingerprint density at radius 3 is 2.10 bits per heavy atom. The van der Waals surface area contributed by atoms with E-state index in [1.165, 1.54) is 7.11 Å². The van der Waals surface area contributed by atoms with Gasteiger partial charge in [-0.1, -0.05) is 11.3 Å². The van der Waals surface area contributed by atoms with Crippen LogP contribution in [0.4, 0.5) is 26.3 Å². The van der Waals surface area contributed by atoms with Crippen molar-refractivity contribution >= 4 is 28.3 Å². The van der Waals surface area contributed by atoms with Gasteiger partial charge in [0.1, 0.15) is 0 Å². The lowest BCUT2D eigenvalue weighted by atomic mass is 10.0. The van der Waals surface area contributed by atoms with E-state index in [1.54, 1.807) is 0 Å². The molecule has 0 radical (unpaired) electrons. The van der Waals surface area contributed by atoms with E-state index in [9.17, 15) is 26.3 Å². The first-order chi connectivity index (χ1) is 8.95. The van der Waals surface area contributed by atoms with E-state index in [4.69, 9.17) is 10.5 Å². The molecule has 0 saturated heterocycles. The van der Waals surface area contributed by atoms with E-state index in [2.05, 4.69) is 4.74 Å². The first-order valence-electron chi connectivity index (χ1n) is 5.05. The van der Waals surface area contributed by atoms with Gasteiger partial charge >= 0.3 is 12.4 Å². The molecule has 0 aliphatic carbocycles. The van der Waals surface area contributed by atoms with Gasteiger partial charge in [0.2, 0.25) is 0 Å². The third-order valence-corrected chi connectivity index (χ3v) is 3.50. The highest BCUT2D eigenvalue weighted by Gasteiger charge is 2.72. The van der Waals surface area contributed by atoms with Crippen molar-refractivity contribution in [1.29, 1.82) is 5.41 Å². The number of aromatic nitrogens is 1. The number of aliphatic hydroxyl groups is 1. The Morgan fingerprint density at radius 2 is 1.71 bits per heavy atom. The lowest BCUT2D eigenvalue weighted by molar-refractivity contribution is -0.375. The van der Waals surface area contributed by atoms with E-state index >= 15 is 0 Å². The van der Waals surface area contributed by atoms with Crippen molar-refractivity contribution in [2.24, 2.45) is 0 Å². The molecule has 0 amide bonds. The summed E-state index contributed by atoms with van der Waals surface area (Å²) in [7, 11) is 1.29. The summed E-state index contributed by atoms with van der Waals surface area (Å²) in [5, 5.41) is 16.5.